The highest BCUT2D eigenvalue weighted by atomic mass is 32.2. The molecule has 0 aliphatic carbocycles. The number of piperidine rings is 2. The molecule has 0 spiro atoms. The molecular weight excluding hydrogens is 400 g/mol. The van der Waals surface area contributed by atoms with Crippen LogP contribution >= 0.6 is 0 Å². The van der Waals surface area contributed by atoms with E-state index >= 15 is 0 Å². The lowest BCUT2D eigenvalue weighted by Gasteiger charge is -2.37. The summed E-state index contributed by atoms with van der Waals surface area (Å²) in [5.41, 5.74) is 1.92. The van der Waals surface area contributed by atoms with Gasteiger partial charge in [0.15, 0.2) is 0 Å². The number of hydrogen-bond donors (Lipinski definition) is 0. The molecule has 0 radical (unpaired) electrons. The highest BCUT2D eigenvalue weighted by Gasteiger charge is 2.35. The summed E-state index contributed by atoms with van der Waals surface area (Å²) < 4.78 is 29.0. The molecule has 4 rings (SSSR count). The van der Waals surface area contributed by atoms with Crippen LogP contribution < -0.4 is 0 Å². The second-order valence-electron chi connectivity index (χ2n) is 8.49. The van der Waals surface area contributed by atoms with Crippen LogP contribution in [0.5, 0.6) is 0 Å². The monoisotopic (exact) mass is 430 g/mol. The summed E-state index contributed by atoms with van der Waals surface area (Å²) in [7, 11) is -3.36. The van der Waals surface area contributed by atoms with E-state index in [2.05, 4.69) is 5.10 Å². The average Bonchev–Trinajstić information content (AvgIpc) is 3.20. The first-order valence-electron chi connectivity index (χ1n) is 10.7. The van der Waals surface area contributed by atoms with Crippen molar-refractivity contribution in [2.45, 2.75) is 44.4 Å². The molecule has 2 aliphatic rings. The lowest BCUT2D eigenvalue weighted by molar-refractivity contribution is -0.138. The van der Waals surface area contributed by atoms with Crippen LogP contribution in [0.3, 0.4) is 0 Å². The number of sulfonamides is 1. The standard InChI is InChI=1S/C22H30N4O3S/c1-18-14-23-26(15-18)21-8-5-11-24(16-21)22(27)20-9-12-25(13-10-20)30(28,29)17-19-6-3-2-4-7-19/h2-4,6-7,14-15,20-21H,5,8-13,16-17H2,1H3. The third-order valence-electron chi connectivity index (χ3n) is 6.20. The Bertz CT molecular complexity index is 965. The second kappa shape index (κ2) is 8.89. The number of likely N-dealkylation sites (tertiary alicyclic amines) is 1. The number of hydrogen-bond acceptors (Lipinski definition) is 4. The predicted octanol–water partition coefficient (Wildman–Crippen LogP) is 2.60. The Morgan fingerprint density at radius 3 is 2.50 bits per heavy atom. The van der Waals surface area contributed by atoms with Crippen molar-refractivity contribution in [3.8, 4) is 0 Å². The van der Waals surface area contributed by atoms with Crippen LogP contribution in [0.15, 0.2) is 42.7 Å². The molecule has 0 N–H and O–H groups in total. The molecule has 3 heterocycles. The third kappa shape index (κ3) is 4.75. The molecule has 2 aromatic rings. The van der Waals surface area contributed by atoms with Crippen molar-refractivity contribution in [1.29, 1.82) is 0 Å². The van der Waals surface area contributed by atoms with E-state index in [1.54, 1.807) is 4.31 Å². The maximum Gasteiger partial charge on any atom is 0.225 e. The zero-order chi connectivity index (χ0) is 21.1. The largest absolute Gasteiger partial charge is 0.340 e. The quantitative estimate of drug-likeness (QED) is 0.731. The van der Waals surface area contributed by atoms with Gasteiger partial charge in [-0.3, -0.25) is 9.48 Å². The first-order chi connectivity index (χ1) is 14.4. The van der Waals surface area contributed by atoms with Crippen LogP contribution in [-0.4, -0.2) is 59.5 Å². The van der Waals surface area contributed by atoms with Crippen molar-refractivity contribution in [1.82, 2.24) is 19.0 Å². The fourth-order valence-corrected chi connectivity index (χ4v) is 6.08. The SMILES string of the molecule is Cc1cnn(C2CCCN(C(=O)C3CCN(S(=O)(=O)Cc4ccccc4)CC3)C2)c1. The summed E-state index contributed by atoms with van der Waals surface area (Å²) in [5.74, 6) is 0.0961. The van der Waals surface area contributed by atoms with E-state index in [0.717, 1.165) is 30.5 Å². The number of aromatic nitrogens is 2. The molecule has 1 unspecified atom stereocenters. The molecule has 1 amide bonds. The number of carbonyl (C=O) groups is 1. The molecule has 2 fully saturated rings. The first-order valence-corrected chi connectivity index (χ1v) is 12.3. The van der Waals surface area contributed by atoms with Crippen LogP contribution in [0.4, 0.5) is 0 Å². The van der Waals surface area contributed by atoms with Crippen LogP contribution in [0.25, 0.3) is 0 Å². The fourth-order valence-electron chi connectivity index (χ4n) is 4.52. The third-order valence-corrected chi connectivity index (χ3v) is 8.05. The molecule has 7 nitrogen and oxygen atoms in total. The Morgan fingerprint density at radius 1 is 1.10 bits per heavy atom. The van der Waals surface area contributed by atoms with E-state index in [4.69, 9.17) is 0 Å². The highest BCUT2D eigenvalue weighted by molar-refractivity contribution is 7.88. The van der Waals surface area contributed by atoms with Crippen molar-refractivity contribution in [2.24, 2.45) is 5.92 Å². The topological polar surface area (TPSA) is 75.5 Å². The molecule has 30 heavy (non-hydrogen) atoms. The summed E-state index contributed by atoms with van der Waals surface area (Å²) in [4.78, 5) is 15.1. The molecule has 162 valence electrons. The van der Waals surface area contributed by atoms with Gasteiger partial charge in [-0.05, 0) is 43.7 Å². The molecule has 1 aromatic heterocycles. The van der Waals surface area contributed by atoms with Gasteiger partial charge in [-0.15, -0.1) is 0 Å². The molecule has 2 saturated heterocycles. The summed E-state index contributed by atoms with van der Waals surface area (Å²) in [6.07, 6.45) is 7.07. The molecule has 1 aromatic carbocycles. The maximum atomic E-state index is 13.1. The van der Waals surface area contributed by atoms with E-state index in [-0.39, 0.29) is 23.6 Å². The number of amides is 1. The van der Waals surface area contributed by atoms with E-state index in [9.17, 15) is 13.2 Å². The summed E-state index contributed by atoms with van der Waals surface area (Å²) >= 11 is 0. The van der Waals surface area contributed by atoms with Crippen LogP contribution in [0, 0.1) is 12.8 Å². The van der Waals surface area contributed by atoms with Gasteiger partial charge in [-0.25, -0.2) is 12.7 Å². The Balaban J connectivity index is 1.32. The number of rotatable bonds is 5. The summed E-state index contributed by atoms with van der Waals surface area (Å²) in [6.45, 7) is 4.33. The summed E-state index contributed by atoms with van der Waals surface area (Å²) in [5, 5.41) is 4.42. The minimum atomic E-state index is -3.36. The molecule has 1 atom stereocenters. The van der Waals surface area contributed by atoms with E-state index in [0.29, 0.717) is 32.5 Å². The van der Waals surface area contributed by atoms with Crippen molar-refractivity contribution in [3.63, 3.8) is 0 Å². The van der Waals surface area contributed by atoms with Gasteiger partial charge in [0.2, 0.25) is 15.9 Å². The van der Waals surface area contributed by atoms with Crippen LogP contribution in [-0.2, 0) is 20.6 Å². The first kappa shape index (κ1) is 21.1. The average molecular weight is 431 g/mol. The number of nitrogens with zero attached hydrogens (tertiary/aromatic N) is 4. The zero-order valence-electron chi connectivity index (χ0n) is 17.5. The van der Waals surface area contributed by atoms with Gasteiger partial charge in [0.1, 0.15) is 0 Å². The lowest BCUT2D eigenvalue weighted by Crippen LogP contribution is -2.47. The molecule has 2 aliphatic heterocycles. The van der Waals surface area contributed by atoms with Gasteiger partial charge >= 0.3 is 0 Å². The Morgan fingerprint density at radius 2 is 1.83 bits per heavy atom. The van der Waals surface area contributed by atoms with Gasteiger partial charge in [-0.2, -0.15) is 5.10 Å². The second-order valence-corrected chi connectivity index (χ2v) is 10.5. The number of aryl methyl sites for hydroxylation is 1. The Labute approximate surface area is 178 Å². The van der Waals surface area contributed by atoms with Gasteiger partial charge < -0.3 is 4.90 Å². The zero-order valence-corrected chi connectivity index (χ0v) is 18.3. The van der Waals surface area contributed by atoms with E-state index in [1.807, 2.05) is 59.2 Å². The lowest BCUT2D eigenvalue weighted by atomic mass is 9.95. The van der Waals surface area contributed by atoms with Crippen molar-refractivity contribution in [2.75, 3.05) is 26.2 Å². The van der Waals surface area contributed by atoms with Crippen molar-refractivity contribution in [3.05, 3.63) is 53.9 Å². The van der Waals surface area contributed by atoms with E-state index < -0.39 is 10.0 Å². The van der Waals surface area contributed by atoms with Gasteiger partial charge in [0.05, 0.1) is 18.0 Å². The Hall–Kier alpha value is -2.19. The molecule has 0 saturated carbocycles. The van der Waals surface area contributed by atoms with Crippen molar-refractivity contribution < 1.29 is 13.2 Å². The molecular formula is C22H30N4O3S. The predicted molar refractivity (Wildman–Crippen MR) is 115 cm³/mol. The minimum Gasteiger partial charge on any atom is -0.340 e. The van der Waals surface area contributed by atoms with Gasteiger partial charge in [0.25, 0.3) is 0 Å². The summed E-state index contributed by atoms with van der Waals surface area (Å²) in [6, 6.07) is 9.48. The van der Waals surface area contributed by atoms with Crippen molar-refractivity contribution >= 4 is 15.9 Å². The Kier molecular flexibility index (Phi) is 6.24. The van der Waals surface area contributed by atoms with Gasteiger partial charge in [0, 0.05) is 38.3 Å². The van der Waals surface area contributed by atoms with Crippen LogP contribution in [0.2, 0.25) is 0 Å². The minimum absolute atomic E-state index is 0.0174. The maximum absolute atomic E-state index is 13.1. The van der Waals surface area contributed by atoms with E-state index in [1.165, 1.54) is 0 Å². The number of carbonyl (C=O) groups excluding carboxylic acids is 1. The molecule has 0 bridgehead atoms. The number of benzene rings is 1. The molecule has 8 heteroatoms. The smallest absolute Gasteiger partial charge is 0.225 e. The van der Waals surface area contributed by atoms with Gasteiger partial charge in [-0.1, -0.05) is 30.3 Å². The highest BCUT2D eigenvalue weighted by Crippen LogP contribution is 2.27. The fraction of sp³-hybridized carbons (Fsp3) is 0.545. The van der Waals surface area contributed by atoms with Crippen LogP contribution in [0.1, 0.15) is 42.9 Å². The normalized spacial score (nSPS) is 21.6.